The molecule has 0 heterocycles. The molecule has 0 aromatic heterocycles. The second-order valence-electron chi connectivity index (χ2n) is 6.90. The molecule has 0 radical (unpaired) electrons. The minimum absolute atomic E-state index is 0.248. The first-order valence-corrected chi connectivity index (χ1v) is 9.67. The molecular formula is C22H30N4O2. The molecule has 0 aliphatic rings. The highest BCUT2D eigenvalue weighted by Gasteiger charge is 2.14. The number of para-hydroxylation sites is 1. The summed E-state index contributed by atoms with van der Waals surface area (Å²) in [5.41, 5.74) is 8.03. The number of nitrogens with zero attached hydrogens (tertiary/aromatic N) is 1. The maximum atomic E-state index is 12.6. The number of nitrogens with one attached hydrogen (secondary N) is 2. The summed E-state index contributed by atoms with van der Waals surface area (Å²) in [5, 5.41) is 5.55. The molecule has 2 aromatic carbocycles. The van der Waals surface area contributed by atoms with E-state index in [0.29, 0.717) is 35.9 Å². The second kappa shape index (κ2) is 10.6. The zero-order chi connectivity index (χ0) is 20.5. The van der Waals surface area contributed by atoms with Gasteiger partial charge in [0, 0.05) is 31.2 Å². The summed E-state index contributed by atoms with van der Waals surface area (Å²) in [4.78, 5) is 27.2. The van der Waals surface area contributed by atoms with E-state index in [2.05, 4.69) is 36.3 Å². The van der Waals surface area contributed by atoms with Gasteiger partial charge in [-0.2, -0.15) is 0 Å². The van der Waals surface area contributed by atoms with Crippen molar-refractivity contribution in [1.29, 1.82) is 0 Å². The highest BCUT2D eigenvalue weighted by Crippen LogP contribution is 2.17. The van der Waals surface area contributed by atoms with Crippen LogP contribution >= 0.6 is 0 Å². The van der Waals surface area contributed by atoms with E-state index in [1.807, 2.05) is 24.3 Å². The molecule has 0 aliphatic heterocycles. The monoisotopic (exact) mass is 382 g/mol. The Balaban J connectivity index is 2.08. The number of rotatable bonds is 9. The molecule has 2 amide bonds. The van der Waals surface area contributed by atoms with E-state index >= 15 is 0 Å². The van der Waals surface area contributed by atoms with Crippen molar-refractivity contribution in [2.24, 2.45) is 5.73 Å². The molecule has 0 fully saturated rings. The normalized spacial score (nSPS) is 10.9. The van der Waals surface area contributed by atoms with Crippen molar-refractivity contribution in [3.8, 4) is 0 Å². The number of carbonyl (C=O) groups excluding carboxylic acids is 2. The van der Waals surface area contributed by atoms with Crippen LogP contribution < -0.4 is 16.4 Å². The van der Waals surface area contributed by atoms with Crippen molar-refractivity contribution in [3.63, 3.8) is 0 Å². The lowest BCUT2D eigenvalue weighted by Crippen LogP contribution is -2.30. The van der Waals surface area contributed by atoms with Crippen LogP contribution in [0.3, 0.4) is 0 Å². The van der Waals surface area contributed by atoms with Crippen LogP contribution in [0.15, 0.2) is 48.5 Å². The summed E-state index contributed by atoms with van der Waals surface area (Å²) < 4.78 is 0. The first-order valence-electron chi connectivity index (χ1n) is 9.67. The van der Waals surface area contributed by atoms with E-state index in [0.717, 1.165) is 18.7 Å². The molecule has 6 nitrogen and oxygen atoms in total. The lowest BCUT2D eigenvalue weighted by atomic mass is 10.1. The maximum absolute atomic E-state index is 12.6. The Morgan fingerprint density at radius 2 is 1.71 bits per heavy atom. The third kappa shape index (κ3) is 5.90. The van der Waals surface area contributed by atoms with E-state index < -0.39 is 0 Å². The Morgan fingerprint density at radius 3 is 2.32 bits per heavy atom. The summed E-state index contributed by atoms with van der Waals surface area (Å²) in [6, 6.07) is 15.0. The lowest BCUT2D eigenvalue weighted by Gasteiger charge is -2.24. The van der Waals surface area contributed by atoms with Gasteiger partial charge < -0.3 is 16.4 Å². The maximum Gasteiger partial charge on any atom is 0.255 e. The standard InChI is InChI=1S/C22H30N4O2/c1-4-26(16(2)3)15-17-9-11-18(12-10-17)21(27)25-20-8-6-5-7-19(20)22(28)24-14-13-23/h5-12,16H,4,13-15,23H2,1-3H3,(H,24,28)(H,25,27). The zero-order valence-electron chi connectivity index (χ0n) is 16.9. The summed E-state index contributed by atoms with van der Waals surface area (Å²) in [7, 11) is 0. The van der Waals surface area contributed by atoms with Crippen molar-refractivity contribution in [2.75, 3.05) is 25.0 Å². The van der Waals surface area contributed by atoms with Gasteiger partial charge in [0.05, 0.1) is 11.3 Å². The number of anilines is 1. The first-order chi connectivity index (χ1) is 13.5. The third-order valence-corrected chi connectivity index (χ3v) is 4.59. The van der Waals surface area contributed by atoms with Gasteiger partial charge in [0.2, 0.25) is 0 Å². The average Bonchev–Trinajstić information content (AvgIpc) is 2.70. The van der Waals surface area contributed by atoms with E-state index in [1.54, 1.807) is 24.3 Å². The fraction of sp³-hybridized carbons (Fsp3) is 0.364. The molecule has 6 heteroatoms. The van der Waals surface area contributed by atoms with E-state index in [-0.39, 0.29) is 11.8 Å². The van der Waals surface area contributed by atoms with Gasteiger partial charge in [-0.1, -0.05) is 31.2 Å². The number of amides is 2. The molecule has 0 spiro atoms. The lowest BCUT2D eigenvalue weighted by molar-refractivity contribution is 0.0955. The van der Waals surface area contributed by atoms with Gasteiger partial charge in [-0.3, -0.25) is 14.5 Å². The van der Waals surface area contributed by atoms with E-state index in [1.165, 1.54) is 0 Å². The molecular weight excluding hydrogens is 352 g/mol. The minimum atomic E-state index is -0.259. The average molecular weight is 383 g/mol. The minimum Gasteiger partial charge on any atom is -0.351 e. The van der Waals surface area contributed by atoms with Gasteiger partial charge in [0.15, 0.2) is 0 Å². The first kappa shape index (κ1) is 21.6. The summed E-state index contributed by atoms with van der Waals surface area (Å²) in [5.74, 6) is -0.508. The van der Waals surface area contributed by atoms with Crippen LogP contribution in [-0.2, 0) is 6.54 Å². The fourth-order valence-electron chi connectivity index (χ4n) is 2.92. The number of hydrogen-bond donors (Lipinski definition) is 3. The zero-order valence-corrected chi connectivity index (χ0v) is 16.9. The van der Waals surface area contributed by atoms with Gasteiger partial charge in [0.1, 0.15) is 0 Å². The Bertz CT molecular complexity index is 787. The van der Waals surface area contributed by atoms with Crippen LogP contribution in [0.1, 0.15) is 47.1 Å². The number of benzene rings is 2. The van der Waals surface area contributed by atoms with Crippen LogP contribution in [0.5, 0.6) is 0 Å². The van der Waals surface area contributed by atoms with Crippen molar-refractivity contribution in [2.45, 2.75) is 33.4 Å². The Kier molecular flexibility index (Phi) is 8.17. The van der Waals surface area contributed by atoms with Crippen molar-refractivity contribution in [1.82, 2.24) is 10.2 Å². The Morgan fingerprint density at radius 1 is 1.04 bits per heavy atom. The summed E-state index contributed by atoms with van der Waals surface area (Å²) in [6.45, 7) is 9.05. The predicted molar refractivity (Wildman–Crippen MR) is 113 cm³/mol. The van der Waals surface area contributed by atoms with Crippen molar-refractivity contribution >= 4 is 17.5 Å². The van der Waals surface area contributed by atoms with Crippen molar-refractivity contribution < 1.29 is 9.59 Å². The van der Waals surface area contributed by atoms with E-state index in [9.17, 15) is 9.59 Å². The van der Waals surface area contributed by atoms with Crippen molar-refractivity contribution in [3.05, 3.63) is 65.2 Å². The third-order valence-electron chi connectivity index (χ3n) is 4.59. The van der Waals surface area contributed by atoms with Crippen LogP contribution in [0.25, 0.3) is 0 Å². The number of nitrogens with two attached hydrogens (primary N) is 1. The molecule has 0 bridgehead atoms. The highest BCUT2D eigenvalue weighted by molar-refractivity contribution is 6.09. The second-order valence-corrected chi connectivity index (χ2v) is 6.90. The van der Waals surface area contributed by atoms with E-state index in [4.69, 9.17) is 5.73 Å². The van der Waals surface area contributed by atoms with Gasteiger partial charge in [-0.25, -0.2) is 0 Å². The Hall–Kier alpha value is -2.70. The van der Waals surface area contributed by atoms with Gasteiger partial charge >= 0.3 is 0 Å². The van der Waals surface area contributed by atoms with Gasteiger partial charge in [-0.05, 0) is 50.2 Å². The summed E-state index contributed by atoms with van der Waals surface area (Å²) in [6.07, 6.45) is 0. The van der Waals surface area contributed by atoms with Gasteiger partial charge in [0.25, 0.3) is 11.8 Å². The van der Waals surface area contributed by atoms with Crippen LogP contribution in [0.4, 0.5) is 5.69 Å². The predicted octanol–water partition coefficient (Wildman–Crippen LogP) is 2.86. The quantitative estimate of drug-likeness (QED) is 0.622. The smallest absolute Gasteiger partial charge is 0.255 e. The molecule has 0 saturated carbocycles. The van der Waals surface area contributed by atoms with Crippen LogP contribution in [0.2, 0.25) is 0 Å². The fourth-order valence-corrected chi connectivity index (χ4v) is 2.92. The number of hydrogen-bond acceptors (Lipinski definition) is 4. The molecule has 0 atom stereocenters. The van der Waals surface area contributed by atoms with Crippen LogP contribution in [-0.4, -0.2) is 42.4 Å². The molecule has 0 unspecified atom stereocenters. The molecule has 0 saturated heterocycles. The molecule has 150 valence electrons. The summed E-state index contributed by atoms with van der Waals surface area (Å²) >= 11 is 0. The molecule has 2 aromatic rings. The SMILES string of the molecule is CCN(Cc1ccc(C(=O)Nc2ccccc2C(=O)NCCN)cc1)C(C)C. The van der Waals surface area contributed by atoms with Gasteiger partial charge in [-0.15, -0.1) is 0 Å². The highest BCUT2D eigenvalue weighted by atomic mass is 16.2. The largest absolute Gasteiger partial charge is 0.351 e. The van der Waals surface area contributed by atoms with Crippen LogP contribution in [0, 0.1) is 0 Å². The number of carbonyl (C=O) groups is 2. The molecule has 4 N–H and O–H groups in total. The molecule has 2 rings (SSSR count). The Labute approximate surface area is 167 Å². The molecule has 28 heavy (non-hydrogen) atoms. The topological polar surface area (TPSA) is 87.5 Å². The molecule has 0 aliphatic carbocycles.